The van der Waals surface area contributed by atoms with E-state index in [1.165, 1.54) is 37.6 Å². The molecule has 0 radical (unpaired) electrons. The van der Waals surface area contributed by atoms with Crippen molar-refractivity contribution in [3.63, 3.8) is 0 Å². The molecule has 8 heteroatoms. The number of hydrazone groups is 1. The van der Waals surface area contributed by atoms with Gasteiger partial charge in [-0.2, -0.15) is 5.10 Å². The van der Waals surface area contributed by atoms with Crippen molar-refractivity contribution in [2.24, 2.45) is 5.10 Å². The Morgan fingerprint density at radius 2 is 2.00 bits per heavy atom. The maximum absolute atomic E-state index is 12.9. The van der Waals surface area contributed by atoms with Gasteiger partial charge in [-0.05, 0) is 60.2 Å². The number of methoxy groups -OCH3 is 1. The molecule has 0 aromatic heterocycles. The van der Waals surface area contributed by atoms with E-state index in [1.54, 1.807) is 24.3 Å². The van der Waals surface area contributed by atoms with Crippen LogP contribution in [0.4, 0.5) is 4.39 Å². The van der Waals surface area contributed by atoms with Crippen LogP contribution in [0.25, 0.3) is 0 Å². The number of carbonyl (C=O) groups is 1. The van der Waals surface area contributed by atoms with Crippen LogP contribution in [0.5, 0.6) is 11.5 Å². The van der Waals surface area contributed by atoms with Gasteiger partial charge < -0.3 is 14.8 Å². The number of benzene rings is 2. The second kappa shape index (κ2) is 10.0. The molecule has 6 nitrogen and oxygen atoms in total. The Balaban J connectivity index is 2.04. The maximum atomic E-state index is 12.9. The van der Waals surface area contributed by atoms with Crippen molar-refractivity contribution >= 4 is 29.5 Å². The molecule has 2 aromatic rings. The zero-order chi connectivity index (χ0) is 19.6. The first-order valence-corrected chi connectivity index (χ1v) is 8.28. The summed E-state index contributed by atoms with van der Waals surface area (Å²) in [4.78, 5) is 12.1. The van der Waals surface area contributed by atoms with Gasteiger partial charge in [0.2, 0.25) is 0 Å². The van der Waals surface area contributed by atoms with Crippen molar-refractivity contribution in [1.29, 1.82) is 0 Å². The number of thiocarbonyl (C=S) groups is 1. The number of hydrogen-bond donors (Lipinski definition) is 2. The molecule has 0 fully saturated rings. The van der Waals surface area contributed by atoms with E-state index in [9.17, 15) is 9.18 Å². The minimum absolute atomic E-state index is 0.230. The fraction of sp³-hybridized carbons (Fsp3) is 0.105. The third-order valence-corrected chi connectivity index (χ3v) is 3.49. The summed E-state index contributed by atoms with van der Waals surface area (Å²) in [6.45, 7) is 4.11. The zero-order valence-electron chi connectivity index (χ0n) is 14.6. The van der Waals surface area contributed by atoms with E-state index in [0.717, 1.165) is 0 Å². The second-order valence-electron chi connectivity index (χ2n) is 5.18. The molecule has 2 aromatic carbocycles. The van der Waals surface area contributed by atoms with Gasteiger partial charge in [-0.3, -0.25) is 5.43 Å². The summed E-state index contributed by atoms with van der Waals surface area (Å²) in [6, 6.07) is 10.00. The van der Waals surface area contributed by atoms with Gasteiger partial charge >= 0.3 is 5.97 Å². The topological polar surface area (TPSA) is 72.0 Å². The second-order valence-corrected chi connectivity index (χ2v) is 5.58. The summed E-state index contributed by atoms with van der Waals surface area (Å²) in [5, 5.41) is 7.24. The van der Waals surface area contributed by atoms with Crippen LogP contribution < -0.4 is 20.2 Å². The van der Waals surface area contributed by atoms with Gasteiger partial charge in [0, 0.05) is 6.54 Å². The average Bonchev–Trinajstić information content (AvgIpc) is 2.67. The first-order valence-electron chi connectivity index (χ1n) is 7.87. The van der Waals surface area contributed by atoms with Gasteiger partial charge in [-0.25, -0.2) is 9.18 Å². The van der Waals surface area contributed by atoms with Crippen LogP contribution in [-0.4, -0.2) is 31.0 Å². The number of carbonyl (C=O) groups excluding carboxylic acids is 1. The van der Waals surface area contributed by atoms with Crippen LogP contribution in [0.3, 0.4) is 0 Å². The number of ether oxygens (including phenoxy) is 2. The molecule has 0 aliphatic heterocycles. The monoisotopic (exact) mass is 387 g/mol. The Labute approximate surface area is 161 Å². The Hall–Kier alpha value is -3.26. The van der Waals surface area contributed by atoms with E-state index in [0.29, 0.717) is 23.0 Å². The minimum Gasteiger partial charge on any atom is -0.493 e. The molecule has 0 amide bonds. The van der Waals surface area contributed by atoms with Gasteiger partial charge in [0.25, 0.3) is 0 Å². The largest absolute Gasteiger partial charge is 0.493 e. The first-order chi connectivity index (χ1) is 13.0. The third-order valence-electron chi connectivity index (χ3n) is 3.26. The van der Waals surface area contributed by atoms with Crippen molar-refractivity contribution in [3.05, 3.63) is 72.1 Å². The van der Waals surface area contributed by atoms with Crippen LogP contribution in [0, 0.1) is 5.82 Å². The summed E-state index contributed by atoms with van der Waals surface area (Å²) in [6.07, 6.45) is 3.21. The molecule has 2 N–H and O–H groups in total. The molecular formula is C19H18FN3O3S. The summed E-state index contributed by atoms with van der Waals surface area (Å²) in [7, 11) is 1.46. The molecule has 0 saturated heterocycles. The standard InChI is InChI=1S/C19H18FN3O3S/c1-3-10-21-19(27)23-22-12-13-4-9-16(17(11-13)25-2)26-18(24)14-5-7-15(20)8-6-14/h3-9,11-12H,1,10H2,2H3,(H2,21,23,27). The highest BCUT2D eigenvalue weighted by molar-refractivity contribution is 7.80. The fourth-order valence-corrected chi connectivity index (χ4v) is 2.10. The lowest BCUT2D eigenvalue weighted by Crippen LogP contribution is -2.31. The summed E-state index contributed by atoms with van der Waals surface area (Å²) in [5.74, 6) is -0.461. The third kappa shape index (κ3) is 6.19. The van der Waals surface area contributed by atoms with Gasteiger partial charge in [-0.15, -0.1) is 6.58 Å². The van der Waals surface area contributed by atoms with Crippen molar-refractivity contribution in [2.45, 2.75) is 0 Å². The highest BCUT2D eigenvalue weighted by Crippen LogP contribution is 2.28. The Kier molecular flexibility index (Phi) is 7.45. The first kappa shape index (κ1) is 20.1. The molecule has 0 aliphatic carbocycles. The summed E-state index contributed by atoms with van der Waals surface area (Å²) >= 11 is 5.02. The molecule has 0 heterocycles. The van der Waals surface area contributed by atoms with Crippen molar-refractivity contribution in [2.75, 3.05) is 13.7 Å². The van der Waals surface area contributed by atoms with Crippen LogP contribution in [0.2, 0.25) is 0 Å². The van der Waals surface area contributed by atoms with E-state index < -0.39 is 11.8 Å². The highest BCUT2D eigenvalue weighted by Gasteiger charge is 2.13. The molecule has 2 rings (SSSR count). The molecule has 140 valence electrons. The SMILES string of the molecule is C=CCNC(=S)NN=Cc1ccc(OC(=O)c2ccc(F)cc2)c(OC)c1. The maximum Gasteiger partial charge on any atom is 0.343 e. The van der Waals surface area contributed by atoms with Gasteiger partial charge in [0.15, 0.2) is 16.6 Å². The molecular weight excluding hydrogens is 369 g/mol. The summed E-state index contributed by atoms with van der Waals surface area (Å²) < 4.78 is 23.5. The zero-order valence-corrected chi connectivity index (χ0v) is 15.4. The lowest BCUT2D eigenvalue weighted by molar-refractivity contribution is 0.0729. The van der Waals surface area contributed by atoms with Crippen LogP contribution in [-0.2, 0) is 0 Å². The van der Waals surface area contributed by atoms with Gasteiger partial charge in [-0.1, -0.05) is 6.08 Å². The quantitative estimate of drug-likeness (QED) is 0.190. The predicted molar refractivity (Wildman–Crippen MR) is 106 cm³/mol. The Morgan fingerprint density at radius 1 is 1.26 bits per heavy atom. The fourth-order valence-electron chi connectivity index (χ4n) is 1.96. The van der Waals surface area contributed by atoms with E-state index >= 15 is 0 Å². The number of nitrogens with one attached hydrogen (secondary N) is 2. The molecule has 0 unspecified atom stereocenters. The number of halogens is 1. The summed E-state index contributed by atoms with van der Waals surface area (Å²) in [5.41, 5.74) is 3.59. The predicted octanol–water partition coefficient (Wildman–Crippen LogP) is 3.04. The van der Waals surface area contributed by atoms with Crippen LogP contribution in [0.15, 0.2) is 60.2 Å². The average molecular weight is 387 g/mol. The number of esters is 1. The molecule has 0 bridgehead atoms. The molecule has 27 heavy (non-hydrogen) atoms. The van der Waals surface area contributed by atoms with E-state index in [4.69, 9.17) is 21.7 Å². The van der Waals surface area contributed by atoms with Crippen LogP contribution >= 0.6 is 12.2 Å². The highest BCUT2D eigenvalue weighted by atomic mass is 32.1. The Morgan fingerprint density at radius 3 is 2.67 bits per heavy atom. The van der Waals surface area contributed by atoms with Crippen molar-refractivity contribution in [3.8, 4) is 11.5 Å². The van der Waals surface area contributed by atoms with Crippen molar-refractivity contribution in [1.82, 2.24) is 10.7 Å². The number of hydrogen-bond acceptors (Lipinski definition) is 5. The van der Waals surface area contributed by atoms with E-state index in [-0.39, 0.29) is 11.3 Å². The van der Waals surface area contributed by atoms with Gasteiger partial charge in [0.05, 0.1) is 18.9 Å². The number of nitrogens with zero attached hydrogens (tertiary/aromatic N) is 1. The van der Waals surface area contributed by atoms with Crippen LogP contribution in [0.1, 0.15) is 15.9 Å². The normalized spacial score (nSPS) is 10.3. The molecule has 0 saturated carbocycles. The van der Waals surface area contributed by atoms with E-state index in [1.807, 2.05) is 0 Å². The lowest BCUT2D eigenvalue weighted by Gasteiger charge is -2.10. The smallest absolute Gasteiger partial charge is 0.343 e. The molecule has 0 atom stereocenters. The molecule has 0 aliphatic rings. The number of rotatable bonds is 7. The lowest BCUT2D eigenvalue weighted by atomic mass is 10.2. The molecule has 0 spiro atoms. The van der Waals surface area contributed by atoms with E-state index in [2.05, 4.69) is 22.4 Å². The van der Waals surface area contributed by atoms with Gasteiger partial charge in [0.1, 0.15) is 5.82 Å². The Bertz CT molecular complexity index is 854. The van der Waals surface area contributed by atoms with Crippen molar-refractivity contribution < 1.29 is 18.7 Å². The minimum atomic E-state index is -0.616.